The van der Waals surface area contributed by atoms with Gasteiger partial charge < -0.3 is 10.0 Å². The van der Waals surface area contributed by atoms with Crippen LogP contribution in [-0.2, 0) is 13.0 Å². The fraction of sp³-hybridized carbons (Fsp3) is 0.267. The molecular formula is C15H15NO2S. The smallest absolute Gasteiger partial charge is 0.336 e. The number of benzene rings is 1. The van der Waals surface area contributed by atoms with Crippen LogP contribution in [0, 0.1) is 0 Å². The van der Waals surface area contributed by atoms with E-state index in [2.05, 4.69) is 21.7 Å². The second-order valence-electron chi connectivity index (χ2n) is 4.77. The molecule has 0 atom stereocenters. The van der Waals surface area contributed by atoms with Gasteiger partial charge in [-0.05, 0) is 52.9 Å². The molecule has 2 aromatic rings. The fourth-order valence-corrected chi connectivity index (χ4v) is 3.33. The number of carboxylic acid groups (broad SMARTS) is 1. The molecule has 3 nitrogen and oxygen atoms in total. The van der Waals surface area contributed by atoms with Crippen molar-refractivity contribution in [2.75, 3.05) is 11.4 Å². The van der Waals surface area contributed by atoms with Crippen LogP contribution in [0.2, 0.25) is 0 Å². The summed E-state index contributed by atoms with van der Waals surface area (Å²) in [5.74, 6) is -0.825. The highest BCUT2D eigenvalue weighted by Crippen LogP contribution is 2.31. The first-order valence-electron chi connectivity index (χ1n) is 6.37. The van der Waals surface area contributed by atoms with Gasteiger partial charge in [-0.2, -0.15) is 11.3 Å². The summed E-state index contributed by atoms with van der Waals surface area (Å²) in [5.41, 5.74) is 3.81. The van der Waals surface area contributed by atoms with Crippen molar-refractivity contribution in [2.24, 2.45) is 0 Å². The number of hydrogen-bond donors (Lipinski definition) is 1. The van der Waals surface area contributed by atoms with Gasteiger partial charge in [0.15, 0.2) is 0 Å². The lowest BCUT2D eigenvalue weighted by Gasteiger charge is -2.31. The monoisotopic (exact) mass is 273 g/mol. The van der Waals surface area contributed by atoms with E-state index in [9.17, 15) is 9.90 Å². The van der Waals surface area contributed by atoms with Crippen LogP contribution in [0.5, 0.6) is 0 Å². The Balaban J connectivity index is 1.96. The molecule has 3 rings (SSSR count). The molecule has 2 heterocycles. The number of carboxylic acids is 1. The van der Waals surface area contributed by atoms with Gasteiger partial charge in [-0.25, -0.2) is 4.79 Å². The van der Waals surface area contributed by atoms with Crippen molar-refractivity contribution < 1.29 is 9.90 Å². The molecule has 0 bridgehead atoms. The summed E-state index contributed by atoms with van der Waals surface area (Å²) < 4.78 is 0. The van der Waals surface area contributed by atoms with Crippen molar-refractivity contribution in [1.29, 1.82) is 0 Å². The van der Waals surface area contributed by atoms with Gasteiger partial charge >= 0.3 is 5.97 Å². The van der Waals surface area contributed by atoms with Crippen molar-refractivity contribution in [3.63, 3.8) is 0 Å². The molecule has 0 radical (unpaired) electrons. The van der Waals surface area contributed by atoms with Crippen molar-refractivity contribution in [1.82, 2.24) is 0 Å². The summed E-state index contributed by atoms with van der Waals surface area (Å²) in [4.78, 5) is 13.6. The van der Waals surface area contributed by atoms with Crippen LogP contribution in [0.1, 0.15) is 27.9 Å². The Labute approximate surface area is 116 Å². The minimum absolute atomic E-state index is 0.451. The van der Waals surface area contributed by atoms with E-state index in [1.807, 2.05) is 12.1 Å². The molecule has 0 amide bonds. The lowest BCUT2D eigenvalue weighted by Crippen LogP contribution is -2.29. The molecule has 98 valence electrons. The summed E-state index contributed by atoms with van der Waals surface area (Å²) in [5, 5.41) is 13.5. The SMILES string of the molecule is O=C(O)c1cccc2c1CCCN2Cc1ccsc1. The van der Waals surface area contributed by atoms with E-state index in [0.29, 0.717) is 5.56 Å². The van der Waals surface area contributed by atoms with E-state index < -0.39 is 5.97 Å². The van der Waals surface area contributed by atoms with Gasteiger partial charge in [0.1, 0.15) is 0 Å². The Bertz CT molecular complexity index is 592. The number of fused-ring (bicyclic) bond motifs is 1. The lowest BCUT2D eigenvalue weighted by molar-refractivity contribution is 0.0695. The van der Waals surface area contributed by atoms with Gasteiger partial charge in [-0.3, -0.25) is 0 Å². The zero-order valence-corrected chi connectivity index (χ0v) is 11.3. The maximum Gasteiger partial charge on any atom is 0.336 e. The van der Waals surface area contributed by atoms with Gasteiger partial charge in [0.2, 0.25) is 0 Å². The van der Waals surface area contributed by atoms with E-state index in [1.165, 1.54) is 5.56 Å². The highest BCUT2D eigenvalue weighted by molar-refractivity contribution is 7.07. The Morgan fingerprint density at radius 2 is 2.26 bits per heavy atom. The number of hydrogen-bond acceptors (Lipinski definition) is 3. The quantitative estimate of drug-likeness (QED) is 0.931. The third kappa shape index (κ3) is 2.36. The van der Waals surface area contributed by atoms with Crippen LogP contribution in [-0.4, -0.2) is 17.6 Å². The van der Waals surface area contributed by atoms with E-state index in [-0.39, 0.29) is 0 Å². The number of aromatic carboxylic acids is 1. The first-order valence-corrected chi connectivity index (χ1v) is 7.31. The van der Waals surface area contributed by atoms with Crippen LogP contribution in [0.25, 0.3) is 0 Å². The average Bonchev–Trinajstić information content (AvgIpc) is 2.91. The Hall–Kier alpha value is -1.81. The summed E-state index contributed by atoms with van der Waals surface area (Å²) in [6, 6.07) is 7.71. The largest absolute Gasteiger partial charge is 0.478 e. The summed E-state index contributed by atoms with van der Waals surface area (Å²) in [6.07, 6.45) is 1.87. The predicted octanol–water partition coefficient (Wildman–Crippen LogP) is 3.40. The molecule has 4 heteroatoms. The molecule has 1 aliphatic rings. The highest BCUT2D eigenvalue weighted by Gasteiger charge is 2.21. The number of anilines is 1. The van der Waals surface area contributed by atoms with Gasteiger partial charge in [0, 0.05) is 18.8 Å². The zero-order chi connectivity index (χ0) is 13.2. The third-order valence-electron chi connectivity index (χ3n) is 3.53. The number of thiophene rings is 1. The Morgan fingerprint density at radius 3 is 3.00 bits per heavy atom. The van der Waals surface area contributed by atoms with Crippen molar-refractivity contribution in [3.8, 4) is 0 Å². The molecule has 19 heavy (non-hydrogen) atoms. The van der Waals surface area contributed by atoms with Gasteiger partial charge in [0.05, 0.1) is 5.56 Å². The Morgan fingerprint density at radius 1 is 1.37 bits per heavy atom. The minimum atomic E-state index is -0.825. The van der Waals surface area contributed by atoms with Gasteiger partial charge in [-0.1, -0.05) is 6.07 Å². The molecule has 0 saturated carbocycles. The molecule has 1 aliphatic heterocycles. The lowest BCUT2D eigenvalue weighted by atomic mass is 9.96. The third-order valence-corrected chi connectivity index (χ3v) is 4.26. The first-order chi connectivity index (χ1) is 9.25. The van der Waals surface area contributed by atoms with E-state index in [1.54, 1.807) is 17.4 Å². The number of rotatable bonds is 3. The van der Waals surface area contributed by atoms with Crippen LogP contribution in [0.4, 0.5) is 5.69 Å². The highest BCUT2D eigenvalue weighted by atomic mass is 32.1. The van der Waals surface area contributed by atoms with Gasteiger partial charge in [0.25, 0.3) is 0 Å². The molecule has 1 aromatic carbocycles. The maximum absolute atomic E-state index is 11.3. The summed E-state index contributed by atoms with van der Waals surface area (Å²) in [6.45, 7) is 1.85. The van der Waals surface area contributed by atoms with Crippen molar-refractivity contribution in [2.45, 2.75) is 19.4 Å². The Kier molecular flexibility index (Phi) is 3.25. The topological polar surface area (TPSA) is 40.5 Å². The van der Waals surface area contributed by atoms with E-state index >= 15 is 0 Å². The first kappa shape index (κ1) is 12.2. The molecule has 1 N–H and O–H groups in total. The van der Waals surface area contributed by atoms with Crippen LogP contribution in [0.3, 0.4) is 0 Å². The van der Waals surface area contributed by atoms with E-state index in [0.717, 1.165) is 37.2 Å². The van der Waals surface area contributed by atoms with E-state index in [4.69, 9.17) is 0 Å². The second-order valence-corrected chi connectivity index (χ2v) is 5.55. The predicted molar refractivity (Wildman–Crippen MR) is 77.1 cm³/mol. The van der Waals surface area contributed by atoms with Crippen LogP contribution in [0.15, 0.2) is 35.0 Å². The summed E-state index contributed by atoms with van der Waals surface area (Å²) in [7, 11) is 0. The molecule has 0 saturated heterocycles. The molecule has 0 spiro atoms. The minimum Gasteiger partial charge on any atom is -0.478 e. The molecule has 0 aliphatic carbocycles. The molecule has 0 fully saturated rings. The standard InChI is InChI=1S/C15H15NO2S/c17-15(18)13-3-1-5-14-12(13)4-2-7-16(14)9-11-6-8-19-10-11/h1,3,5-6,8,10H,2,4,7,9H2,(H,17,18). The maximum atomic E-state index is 11.3. The second kappa shape index (κ2) is 5.05. The van der Waals surface area contributed by atoms with Gasteiger partial charge in [-0.15, -0.1) is 0 Å². The average molecular weight is 273 g/mol. The van der Waals surface area contributed by atoms with Crippen molar-refractivity contribution >= 4 is 23.0 Å². The fourth-order valence-electron chi connectivity index (χ4n) is 2.67. The molecule has 0 unspecified atom stereocenters. The van der Waals surface area contributed by atoms with Crippen molar-refractivity contribution in [3.05, 3.63) is 51.7 Å². The van der Waals surface area contributed by atoms with Crippen LogP contribution < -0.4 is 4.90 Å². The zero-order valence-electron chi connectivity index (χ0n) is 10.5. The number of carbonyl (C=O) groups is 1. The molecule has 1 aromatic heterocycles. The number of nitrogens with zero attached hydrogens (tertiary/aromatic N) is 1. The summed E-state index contributed by atoms with van der Waals surface area (Å²) >= 11 is 1.70. The van der Waals surface area contributed by atoms with Crippen LogP contribution >= 0.6 is 11.3 Å². The molecular weight excluding hydrogens is 258 g/mol. The normalized spacial score (nSPS) is 14.2.